The first-order valence-corrected chi connectivity index (χ1v) is 10.4. The summed E-state index contributed by atoms with van der Waals surface area (Å²) in [6.45, 7) is 0.842. The highest BCUT2D eigenvalue weighted by atomic mass is 79.9. The molecule has 0 unspecified atom stereocenters. The van der Waals surface area contributed by atoms with Gasteiger partial charge in [0.2, 0.25) is 5.91 Å². The number of hydrogen-bond acceptors (Lipinski definition) is 5. The number of carbonyl (C=O) groups excluding carboxylic acids is 3. The average molecular weight is 523 g/mol. The third-order valence-electron chi connectivity index (χ3n) is 4.24. The van der Waals surface area contributed by atoms with E-state index < -0.39 is 37.0 Å². The minimum atomic E-state index is -1.16. The van der Waals surface area contributed by atoms with Crippen LogP contribution in [0.3, 0.4) is 0 Å². The molecule has 0 saturated carbocycles. The number of carbonyl (C=O) groups is 4. The van der Waals surface area contributed by atoms with Crippen LogP contribution in [0.25, 0.3) is 6.08 Å². The summed E-state index contributed by atoms with van der Waals surface area (Å²) in [6, 6.07) is 9.38. The number of carboxylic acids is 1. The molecule has 1 saturated heterocycles. The van der Waals surface area contributed by atoms with Crippen LogP contribution >= 0.6 is 27.5 Å². The number of aryl methyl sites for hydroxylation is 1. The van der Waals surface area contributed by atoms with Crippen LogP contribution in [0.15, 0.2) is 46.6 Å². The maximum atomic E-state index is 12.6. The van der Waals surface area contributed by atoms with E-state index in [2.05, 4.69) is 26.6 Å². The molecule has 0 radical (unpaired) electrons. The number of aliphatic carboxylic acids is 1. The van der Waals surface area contributed by atoms with Crippen LogP contribution in [0.1, 0.15) is 11.1 Å². The molecule has 0 atom stereocenters. The number of nitrogens with one attached hydrogen (secondary N) is 2. The van der Waals surface area contributed by atoms with Crippen molar-refractivity contribution in [3.05, 3.63) is 62.7 Å². The van der Waals surface area contributed by atoms with Gasteiger partial charge in [0.15, 0.2) is 12.4 Å². The zero-order valence-corrected chi connectivity index (χ0v) is 19.0. The van der Waals surface area contributed by atoms with Crippen molar-refractivity contribution in [1.29, 1.82) is 0 Å². The summed E-state index contributed by atoms with van der Waals surface area (Å²) in [5.41, 5.74) is 1.91. The lowest BCUT2D eigenvalue weighted by molar-refractivity contribution is -0.139. The van der Waals surface area contributed by atoms with E-state index in [4.69, 9.17) is 21.4 Å². The Labute approximate surface area is 196 Å². The quantitative estimate of drug-likeness (QED) is 0.378. The van der Waals surface area contributed by atoms with Crippen LogP contribution in [-0.2, 0) is 14.4 Å². The lowest BCUT2D eigenvalue weighted by Gasteiger charge is -2.12. The largest absolute Gasteiger partial charge is 0.479 e. The molecule has 0 aromatic heterocycles. The highest BCUT2D eigenvalue weighted by molar-refractivity contribution is 9.10. The smallest absolute Gasteiger partial charge is 0.341 e. The molecule has 3 rings (SSSR count). The fourth-order valence-electron chi connectivity index (χ4n) is 2.88. The number of rotatable bonds is 7. The van der Waals surface area contributed by atoms with Crippen LogP contribution in [-0.4, -0.2) is 47.0 Å². The van der Waals surface area contributed by atoms with Crippen molar-refractivity contribution in [2.75, 3.05) is 18.5 Å². The highest BCUT2D eigenvalue weighted by Gasteiger charge is 2.35. The molecule has 0 spiro atoms. The molecule has 1 heterocycles. The summed E-state index contributed by atoms with van der Waals surface area (Å²) in [6.07, 6.45) is 1.39. The second-order valence-electron chi connectivity index (χ2n) is 6.79. The molecule has 0 bridgehead atoms. The van der Waals surface area contributed by atoms with Crippen molar-refractivity contribution in [3.63, 3.8) is 0 Å². The number of ether oxygens (including phenoxy) is 1. The highest BCUT2D eigenvalue weighted by Crippen LogP contribution is 2.35. The minimum Gasteiger partial charge on any atom is -0.479 e. The Hall–Kier alpha value is -3.37. The van der Waals surface area contributed by atoms with Crippen molar-refractivity contribution in [2.24, 2.45) is 0 Å². The molecule has 1 fully saturated rings. The van der Waals surface area contributed by atoms with Crippen molar-refractivity contribution >= 4 is 63.1 Å². The average Bonchev–Trinajstić information content (AvgIpc) is 2.94. The molecule has 11 heteroatoms. The summed E-state index contributed by atoms with van der Waals surface area (Å²) in [5, 5.41) is 13.9. The van der Waals surface area contributed by atoms with E-state index in [1.54, 1.807) is 24.3 Å². The van der Waals surface area contributed by atoms with E-state index in [1.807, 2.05) is 13.0 Å². The van der Waals surface area contributed by atoms with Gasteiger partial charge in [0.25, 0.3) is 5.91 Å². The van der Waals surface area contributed by atoms with E-state index >= 15 is 0 Å². The zero-order chi connectivity index (χ0) is 23.4. The van der Waals surface area contributed by atoms with Crippen molar-refractivity contribution < 1.29 is 29.0 Å². The van der Waals surface area contributed by atoms with Gasteiger partial charge < -0.3 is 20.5 Å². The van der Waals surface area contributed by atoms with Crippen molar-refractivity contribution in [3.8, 4) is 5.75 Å². The second kappa shape index (κ2) is 9.84. The summed E-state index contributed by atoms with van der Waals surface area (Å²) in [4.78, 5) is 48.6. The first-order valence-electron chi connectivity index (χ1n) is 9.18. The number of nitrogens with zero attached hydrogens (tertiary/aromatic N) is 1. The molecule has 166 valence electrons. The molecule has 32 heavy (non-hydrogen) atoms. The molecule has 2 aromatic rings. The summed E-state index contributed by atoms with van der Waals surface area (Å²) >= 11 is 9.38. The molecule has 4 amide bonds. The zero-order valence-electron chi connectivity index (χ0n) is 16.6. The number of halogens is 2. The Morgan fingerprint density at radius 3 is 2.69 bits per heavy atom. The fourth-order valence-corrected chi connectivity index (χ4v) is 3.87. The lowest BCUT2D eigenvalue weighted by atomic mass is 10.2. The van der Waals surface area contributed by atoms with E-state index in [0.29, 0.717) is 15.7 Å². The maximum absolute atomic E-state index is 12.6. The van der Waals surface area contributed by atoms with Gasteiger partial charge >= 0.3 is 12.0 Å². The SMILES string of the molecule is Cc1cccc(NC(=O)CN2C(=O)N/C(=C/c3cc(Cl)c(OCC(=O)O)c(Br)c3)C2=O)c1. The van der Waals surface area contributed by atoms with Gasteiger partial charge in [-0.05, 0) is 64.3 Å². The van der Waals surface area contributed by atoms with Gasteiger partial charge in [-0.3, -0.25) is 9.59 Å². The van der Waals surface area contributed by atoms with Gasteiger partial charge in [0, 0.05) is 5.69 Å². The van der Waals surface area contributed by atoms with Crippen molar-refractivity contribution in [2.45, 2.75) is 6.92 Å². The Morgan fingerprint density at radius 1 is 1.28 bits per heavy atom. The molecule has 2 aromatic carbocycles. The van der Waals surface area contributed by atoms with Gasteiger partial charge in [-0.15, -0.1) is 0 Å². The predicted molar refractivity (Wildman–Crippen MR) is 120 cm³/mol. The first-order chi connectivity index (χ1) is 15.1. The van der Waals surface area contributed by atoms with E-state index in [0.717, 1.165) is 10.5 Å². The second-order valence-corrected chi connectivity index (χ2v) is 8.05. The number of imide groups is 1. The van der Waals surface area contributed by atoms with Gasteiger partial charge in [-0.25, -0.2) is 14.5 Å². The Morgan fingerprint density at radius 2 is 2.03 bits per heavy atom. The van der Waals surface area contributed by atoms with Gasteiger partial charge in [-0.2, -0.15) is 0 Å². The molecule has 3 N–H and O–H groups in total. The van der Waals surface area contributed by atoms with Gasteiger partial charge in [0.05, 0.1) is 9.50 Å². The number of amides is 4. The van der Waals surface area contributed by atoms with Crippen LogP contribution in [0.2, 0.25) is 5.02 Å². The van der Waals surface area contributed by atoms with Crippen LogP contribution in [0.5, 0.6) is 5.75 Å². The fraction of sp³-hybridized carbons (Fsp3) is 0.143. The topological polar surface area (TPSA) is 125 Å². The van der Waals surface area contributed by atoms with E-state index in [1.165, 1.54) is 12.1 Å². The molecular formula is C21H17BrClN3O6. The molecule has 0 aliphatic carbocycles. The first kappa shape index (κ1) is 23.3. The van der Waals surface area contributed by atoms with Gasteiger partial charge in [-0.1, -0.05) is 23.7 Å². The van der Waals surface area contributed by atoms with E-state index in [9.17, 15) is 19.2 Å². The maximum Gasteiger partial charge on any atom is 0.341 e. The number of carboxylic acid groups (broad SMARTS) is 1. The normalized spacial score (nSPS) is 14.5. The third kappa shape index (κ3) is 5.65. The Balaban J connectivity index is 1.72. The summed E-state index contributed by atoms with van der Waals surface area (Å²) in [5.74, 6) is -2.23. The summed E-state index contributed by atoms with van der Waals surface area (Å²) < 4.78 is 5.49. The van der Waals surface area contributed by atoms with Crippen molar-refractivity contribution in [1.82, 2.24) is 10.2 Å². The van der Waals surface area contributed by atoms with Crippen LogP contribution < -0.4 is 15.4 Å². The monoisotopic (exact) mass is 521 g/mol. The summed E-state index contributed by atoms with van der Waals surface area (Å²) in [7, 11) is 0. The van der Waals surface area contributed by atoms with Crippen LogP contribution in [0.4, 0.5) is 10.5 Å². The number of urea groups is 1. The standard InChI is InChI=1S/C21H17BrClN3O6/c1-11-3-2-4-13(5-11)24-17(27)9-26-20(30)16(25-21(26)31)8-12-6-14(22)19(15(23)7-12)32-10-18(28)29/h2-8H,9-10H2,1H3,(H,24,27)(H,25,31)(H,28,29)/b16-8+. The predicted octanol–water partition coefficient (Wildman–Crippen LogP) is 3.41. The number of hydrogen-bond donors (Lipinski definition) is 3. The van der Waals surface area contributed by atoms with E-state index in [-0.39, 0.29) is 16.5 Å². The molecule has 1 aliphatic heterocycles. The number of benzene rings is 2. The Kier molecular flexibility index (Phi) is 7.16. The third-order valence-corrected chi connectivity index (χ3v) is 5.11. The molecule has 1 aliphatic rings. The lowest BCUT2D eigenvalue weighted by Crippen LogP contribution is -2.38. The van der Waals surface area contributed by atoms with Gasteiger partial charge in [0.1, 0.15) is 12.2 Å². The minimum absolute atomic E-state index is 0.0412. The Bertz CT molecular complexity index is 1130. The number of anilines is 1. The van der Waals surface area contributed by atoms with Crippen LogP contribution in [0, 0.1) is 6.92 Å². The molecule has 9 nitrogen and oxygen atoms in total. The molecular weight excluding hydrogens is 506 g/mol.